The van der Waals surface area contributed by atoms with Crippen LogP contribution in [0, 0.1) is 10.1 Å². The van der Waals surface area contributed by atoms with Crippen molar-refractivity contribution >= 4 is 17.3 Å². The minimum Gasteiger partial charge on any atom is -0.365 e. The van der Waals surface area contributed by atoms with E-state index < -0.39 is 28.4 Å². The molecule has 1 aliphatic heterocycles. The highest BCUT2D eigenvalue weighted by Crippen LogP contribution is 2.38. The van der Waals surface area contributed by atoms with Crippen molar-refractivity contribution in [3.05, 3.63) is 39.9 Å². The van der Waals surface area contributed by atoms with Crippen LogP contribution in [0.4, 0.5) is 18.9 Å². The summed E-state index contributed by atoms with van der Waals surface area (Å²) in [6.07, 6.45) is -5.61. The standard InChI is InChI=1S/C12H10F3N3O4/c1-7-6-11(20,17(16-7)10(19)12(13,14)15)8-3-2-4-9(5-8)18(21)22/h2-5,20H,6H2,1H3/t11-/m0/s1. The lowest BCUT2D eigenvalue weighted by molar-refractivity contribution is -0.385. The fourth-order valence-corrected chi connectivity index (χ4v) is 2.15. The average molecular weight is 317 g/mol. The first-order valence-corrected chi connectivity index (χ1v) is 5.98. The Bertz CT molecular complexity index is 674. The molecule has 10 heteroatoms. The molecule has 0 aromatic heterocycles. The third-order valence-electron chi connectivity index (χ3n) is 3.08. The number of nitro groups is 1. The number of nitrogens with zero attached hydrogens (tertiary/aromatic N) is 3. The number of carbonyl (C=O) groups is 1. The zero-order valence-electron chi connectivity index (χ0n) is 11.2. The van der Waals surface area contributed by atoms with E-state index in [-0.39, 0.29) is 22.7 Å². The van der Waals surface area contributed by atoms with Crippen molar-refractivity contribution in [3.63, 3.8) is 0 Å². The second-order valence-electron chi connectivity index (χ2n) is 4.75. The summed E-state index contributed by atoms with van der Waals surface area (Å²) in [6, 6.07) is 4.42. The van der Waals surface area contributed by atoms with Gasteiger partial charge in [-0.05, 0) is 6.92 Å². The van der Waals surface area contributed by atoms with Crippen molar-refractivity contribution in [2.45, 2.75) is 25.2 Å². The molecule has 22 heavy (non-hydrogen) atoms. The van der Waals surface area contributed by atoms with Gasteiger partial charge in [-0.15, -0.1) is 0 Å². The molecule has 1 heterocycles. The maximum absolute atomic E-state index is 12.6. The lowest BCUT2D eigenvalue weighted by Gasteiger charge is -2.31. The number of hydrazone groups is 1. The van der Waals surface area contributed by atoms with Gasteiger partial charge >= 0.3 is 12.1 Å². The molecule has 1 N–H and O–H groups in total. The summed E-state index contributed by atoms with van der Waals surface area (Å²) < 4.78 is 37.8. The number of carbonyl (C=O) groups excluding carboxylic acids is 1. The predicted octanol–water partition coefficient (Wildman–Crippen LogP) is 1.91. The summed E-state index contributed by atoms with van der Waals surface area (Å²) in [6.45, 7) is 1.34. The smallest absolute Gasteiger partial charge is 0.365 e. The van der Waals surface area contributed by atoms with Crippen LogP contribution in [0.5, 0.6) is 0 Å². The lowest BCUT2D eigenvalue weighted by atomic mass is 9.97. The molecule has 0 fully saturated rings. The number of alkyl halides is 3. The van der Waals surface area contributed by atoms with Gasteiger partial charge in [0, 0.05) is 29.8 Å². The summed E-state index contributed by atoms with van der Waals surface area (Å²) in [4.78, 5) is 21.4. The normalized spacial score (nSPS) is 21.7. The molecule has 1 aromatic rings. The topological polar surface area (TPSA) is 96.0 Å². The molecule has 0 aliphatic carbocycles. The monoisotopic (exact) mass is 317 g/mol. The molecule has 0 bridgehead atoms. The summed E-state index contributed by atoms with van der Waals surface area (Å²) in [5.74, 6) is -2.35. The lowest BCUT2D eigenvalue weighted by Crippen LogP contribution is -2.48. The Labute approximate surface area is 121 Å². The van der Waals surface area contributed by atoms with E-state index in [1.165, 1.54) is 19.1 Å². The maximum Gasteiger partial charge on any atom is 0.473 e. The summed E-state index contributed by atoms with van der Waals surface area (Å²) >= 11 is 0. The van der Waals surface area contributed by atoms with Crippen LogP contribution in [-0.2, 0) is 10.5 Å². The Kier molecular flexibility index (Phi) is 3.65. The van der Waals surface area contributed by atoms with E-state index in [2.05, 4.69) is 5.10 Å². The number of non-ortho nitro benzene ring substituents is 1. The molecule has 1 atom stereocenters. The van der Waals surface area contributed by atoms with Crippen molar-refractivity contribution in [1.82, 2.24) is 5.01 Å². The Balaban J connectivity index is 2.50. The van der Waals surface area contributed by atoms with E-state index in [1.807, 2.05) is 0 Å². The fourth-order valence-electron chi connectivity index (χ4n) is 2.15. The largest absolute Gasteiger partial charge is 0.473 e. The van der Waals surface area contributed by atoms with Gasteiger partial charge in [0.25, 0.3) is 5.69 Å². The average Bonchev–Trinajstić information content (AvgIpc) is 2.73. The summed E-state index contributed by atoms with van der Waals surface area (Å²) in [5.41, 5.74) is -2.97. The van der Waals surface area contributed by atoms with Gasteiger partial charge in [0.15, 0.2) is 5.72 Å². The highest BCUT2D eigenvalue weighted by molar-refractivity contribution is 5.91. The molecule has 0 unspecified atom stereocenters. The number of aliphatic hydroxyl groups is 1. The van der Waals surface area contributed by atoms with Crippen molar-refractivity contribution in [3.8, 4) is 0 Å². The quantitative estimate of drug-likeness (QED) is 0.665. The van der Waals surface area contributed by atoms with Gasteiger partial charge < -0.3 is 5.11 Å². The van der Waals surface area contributed by atoms with Gasteiger partial charge in [0.2, 0.25) is 0 Å². The minimum absolute atomic E-state index is 0.0820. The van der Waals surface area contributed by atoms with Gasteiger partial charge in [0.1, 0.15) is 0 Å². The number of halogens is 3. The first kappa shape index (κ1) is 15.9. The number of hydrogen-bond donors (Lipinski definition) is 1. The van der Waals surface area contributed by atoms with E-state index in [1.54, 1.807) is 0 Å². The maximum atomic E-state index is 12.6. The van der Waals surface area contributed by atoms with Crippen LogP contribution >= 0.6 is 0 Å². The fraction of sp³-hybridized carbons (Fsp3) is 0.333. The van der Waals surface area contributed by atoms with E-state index in [4.69, 9.17) is 0 Å². The second kappa shape index (κ2) is 5.05. The Morgan fingerprint density at radius 3 is 2.68 bits per heavy atom. The molecule has 7 nitrogen and oxygen atoms in total. The van der Waals surface area contributed by atoms with E-state index >= 15 is 0 Å². The molecular weight excluding hydrogens is 307 g/mol. The molecule has 0 saturated heterocycles. The summed E-state index contributed by atoms with van der Waals surface area (Å²) in [5, 5.41) is 24.6. The van der Waals surface area contributed by atoms with Crippen LogP contribution in [0.2, 0.25) is 0 Å². The molecule has 1 amide bonds. The molecular formula is C12H10F3N3O4. The van der Waals surface area contributed by atoms with Crippen molar-refractivity contribution in [2.24, 2.45) is 5.10 Å². The molecule has 118 valence electrons. The Morgan fingerprint density at radius 1 is 1.50 bits per heavy atom. The number of hydrogen-bond acceptors (Lipinski definition) is 5. The molecule has 1 aromatic carbocycles. The van der Waals surface area contributed by atoms with Gasteiger partial charge in [-0.3, -0.25) is 14.9 Å². The Hall–Kier alpha value is -2.49. The molecule has 0 spiro atoms. The first-order chi connectivity index (χ1) is 10.1. The van der Waals surface area contributed by atoms with Gasteiger partial charge in [-0.1, -0.05) is 12.1 Å². The zero-order chi connectivity index (χ0) is 16.7. The highest BCUT2D eigenvalue weighted by atomic mass is 19.4. The van der Waals surface area contributed by atoms with Crippen LogP contribution in [0.25, 0.3) is 0 Å². The molecule has 1 aliphatic rings. The summed E-state index contributed by atoms with van der Waals surface area (Å²) in [7, 11) is 0. The van der Waals surface area contributed by atoms with Crippen molar-refractivity contribution < 1.29 is 28.0 Å². The predicted molar refractivity (Wildman–Crippen MR) is 67.6 cm³/mol. The third-order valence-corrected chi connectivity index (χ3v) is 3.08. The van der Waals surface area contributed by atoms with Gasteiger partial charge in [-0.25, -0.2) is 0 Å². The number of rotatable bonds is 2. The van der Waals surface area contributed by atoms with E-state index in [0.29, 0.717) is 0 Å². The first-order valence-electron chi connectivity index (χ1n) is 5.98. The van der Waals surface area contributed by atoms with Gasteiger partial charge in [0.05, 0.1) is 4.92 Å². The molecule has 0 saturated carbocycles. The second-order valence-corrected chi connectivity index (χ2v) is 4.75. The minimum atomic E-state index is -5.23. The molecule has 2 rings (SSSR count). The highest BCUT2D eigenvalue weighted by Gasteiger charge is 2.53. The van der Waals surface area contributed by atoms with Gasteiger partial charge in [-0.2, -0.15) is 23.3 Å². The van der Waals surface area contributed by atoms with Crippen LogP contribution < -0.4 is 0 Å². The van der Waals surface area contributed by atoms with Crippen molar-refractivity contribution in [1.29, 1.82) is 0 Å². The van der Waals surface area contributed by atoms with Crippen LogP contribution in [0.3, 0.4) is 0 Å². The third kappa shape index (κ3) is 2.64. The van der Waals surface area contributed by atoms with Crippen LogP contribution in [0.15, 0.2) is 29.4 Å². The van der Waals surface area contributed by atoms with Crippen LogP contribution in [-0.4, -0.2) is 32.8 Å². The number of benzene rings is 1. The number of nitro benzene ring substituents is 1. The van der Waals surface area contributed by atoms with Crippen molar-refractivity contribution in [2.75, 3.05) is 0 Å². The number of amides is 1. The van der Waals surface area contributed by atoms with E-state index in [9.17, 15) is 33.2 Å². The van der Waals surface area contributed by atoms with E-state index in [0.717, 1.165) is 12.1 Å². The Morgan fingerprint density at radius 2 is 2.14 bits per heavy atom. The zero-order valence-corrected chi connectivity index (χ0v) is 11.2. The molecule has 0 radical (unpaired) electrons. The van der Waals surface area contributed by atoms with Crippen LogP contribution in [0.1, 0.15) is 18.9 Å². The SMILES string of the molecule is CC1=NN(C(=O)C(F)(F)F)[C@@](O)(c2cccc([N+](=O)[O-])c2)C1.